The highest BCUT2D eigenvalue weighted by molar-refractivity contribution is 5.97. The summed E-state index contributed by atoms with van der Waals surface area (Å²) in [6, 6.07) is 4.98. The quantitative estimate of drug-likeness (QED) is 0.826. The van der Waals surface area contributed by atoms with Crippen LogP contribution in [0, 0.1) is 24.7 Å². The van der Waals surface area contributed by atoms with Crippen LogP contribution in [0.3, 0.4) is 0 Å². The second-order valence-corrected chi connectivity index (χ2v) is 7.48. The standard InChI is InChI=1S/C20H31N3O2/c1-5-14(3)18(20(25)22-17-8-6-7-15(4)21-17)23-19(24)16-11-9-13(2)10-12-16/h6-8,13-14,16,18H,5,9-12H2,1-4H3,(H,23,24)(H,21,22,25)/t13?,14-,16?,18-/m1/s1. The van der Waals surface area contributed by atoms with Crippen LogP contribution in [0.25, 0.3) is 0 Å². The van der Waals surface area contributed by atoms with Crippen LogP contribution in [-0.4, -0.2) is 22.8 Å². The maximum atomic E-state index is 12.7. The number of aryl methyl sites for hydroxylation is 1. The molecule has 1 heterocycles. The normalized spacial score (nSPS) is 22.7. The van der Waals surface area contributed by atoms with Crippen molar-refractivity contribution in [3.05, 3.63) is 23.9 Å². The van der Waals surface area contributed by atoms with Gasteiger partial charge < -0.3 is 10.6 Å². The molecule has 0 saturated heterocycles. The number of rotatable bonds is 6. The monoisotopic (exact) mass is 345 g/mol. The fourth-order valence-electron chi connectivity index (χ4n) is 3.31. The summed E-state index contributed by atoms with van der Waals surface area (Å²) in [4.78, 5) is 29.7. The number of hydrogen-bond donors (Lipinski definition) is 2. The van der Waals surface area contributed by atoms with E-state index in [0.717, 1.165) is 37.8 Å². The van der Waals surface area contributed by atoms with Crippen LogP contribution in [-0.2, 0) is 9.59 Å². The molecular weight excluding hydrogens is 314 g/mol. The van der Waals surface area contributed by atoms with E-state index < -0.39 is 6.04 Å². The number of nitrogens with zero attached hydrogens (tertiary/aromatic N) is 1. The van der Waals surface area contributed by atoms with Crippen LogP contribution in [0.15, 0.2) is 18.2 Å². The molecule has 0 aliphatic heterocycles. The maximum absolute atomic E-state index is 12.7. The zero-order valence-corrected chi connectivity index (χ0v) is 15.8. The maximum Gasteiger partial charge on any atom is 0.248 e. The number of amides is 2. The Labute approximate surface area is 151 Å². The van der Waals surface area contributed by atoms with E-state index >= 15 is 0 Å². The van der Waals surface area contributed by atoms with Crippen LogP contribution in [0.4, 0.5) is 5.82 Å². The Balaban J connectivity index is 2.02. The fraction of sp³-hybridized carbons (Fsp3) is 0.650. The van der Waals surface area contributed by atoms with Gasteiger partial charge in [-0.15, -0.1) is 0 Å². The Kier molecular flexibility index (Phi) is 6.97. The topological polar surface area (TPSA) is 71.1 Å². The van der Waals surface area contributed by atoms with Crippen molar-refractivity contribution in [2.24, 2.45) is 17.8 Å². The first-order valence-electron chi connectivity index (χ1n) is 9.45. The third-order valence-corrected chi connectivity index (χ3v) is 5.32. The highest BCUT2D eigenvalue weighted by atomic mass is 16.2. The Hall–Kier alpha value is -1.91. The summed E-state index contributed by atoms with van der Waals surface area (Å²) in [5, 5.41) is 5.86. The number of anilines is 1. The van der Waals surface area contributed by atoms with Crippen molar-refractivity contribution in [2.75, 3.05) is 5.32 Å². The van der Waals surface area contributed by atoms with Gasteiger partial charge >= 0.3 is 0 Å². The van der Waals surface area contributed by atoms with Crippen molar-refractivity contribution in [3.8, 4) is 0 Å². The lowest BCUT2D eigenvalue weighted by molar-refractivity contribution is -0.131. The number of hydrogen-bond acceptors (Lipinski definition) is 3. The first-order chi connectivity index (χ1) is 11.9. The number of pyridine rings is 1. The summed E-state index contributed by atoms with van der Waals surface area (Å²) in [6.07, 6.45) is 4.83. The van der Waals surface area contributed by atoms with Gasteiger partial charge in [0.15, 0.2) is 0 Å². The molecule has 25 heavy (non-hydrogen) atoms. The van der Waals surface area contributed by atoms with Gasteiger partial charge in [-0.25, -0.2) is 4.98 Å². The van der Waals surface area contributed by atoms with E-state index in [1.807, 2.05) is 32.9 Å². The van der Waals surface area contributed by atoms with Gasteiger partial charge in [-0.1, -0.05) is 33.3 Å². The van der Waals surface area contributed by atoms with E-state index in [4.69, 9.17) is 0 Å². The molecule has 1 fully saturated rings. The molecule has 0 radical (unpaired) electrons. The van der Waals surface area contributed by atoms with E-state index in [2.05, 4.69) is 22.5 Å². The second kappa shape index (κ2) is 8.97. The second-order valence-electron chi connectivity index (χ2n) is 7.48. The minimum atomic E-state index is -0.529. The van der Waals surface area contributed by atoms with E-state index in [9.17, 15) is 9.59 Å². The SMILES string of the molecule is CC[C@@H](C)[C@@H](NC(=O)C1CCC(C)CC1)C(=O)Nc1cccc(C)n1. The van der Waals surface area contributed by atoms with Gasteiger partial charge in [0.25, 0.3) is 0 Å². The Morgan fingerprint density at radius 1 is 1.24 bits per heavy atom. The van der Waals surface area contributed by atoms with Crippen LogP contribution in [0.1, 0.15) is 58.6 Å². The molecule has 0 unspecified atom stereocenters. The van der Waals surface area contributed by atoms with Crippen LogP contribution in [0.5, 0.6) is 0 Å². The average Bonchev–Trinajstić information content (AvgIpc) is 2.59. The Morgan fingerprint density at radius 2 is 1.92 bits per heavy atom. The average molecular weight is 345 g/mol. The van der Waals surface area contributed by atoms with E-state index in [0.29, 0.717) is 11.7 Å². The van der Waals surface area contributed by atoms with Gasteiger partial charge in [-0.05, 0) is 56.6 Å². The molecule has 2 amide bonds. The molecule has 2 rings (SSSR count). The van der Waals surface area contributed by atoms with Crippen molar-refractivity contribution in [2.45, 2.75) is 65.8 Å². The number of aromatic nitrogens is 1. The van der Waals surface area contributed by atoms with Crippen LogP contribution in [0.2, 0.25) is 0 Å². The zero-order valence-electron chi connectivity index (χ0n) is 15.8. The molecule has 5 nitrogen and oxygen atoms in total. The molecule has 1 saturated carbocycles. The molecular formula is C20H31N3O2. The third kappa shape index (κ3) is 5.55. The molecule has 2 atom stereocenters. The lowest BCUT2D eigenvalue weighted by Crippen LogP contribution is -2.50. The molecule has 1 aliphatic carbocycles. The van der Waals surface area contributed by atoms with Gasteiger partial charge in [-0.2, -0.15) is 0 Å². The first kappa shape index (κ1) is 19.4. The molecule has 5 heteroatoms. The molecule has 0 aromatic carbocycles. The number of carbonyl (C=O) groups is 2. The Morgan fingerprint density at radius 3 is 2.52 bits per heavy atom. The van der Waals surface area contributed by atoms with Gasteiger partial charge in [0.2, 0.25) is 11.8 Å². The number of nitrogens with one attached hydrogen (secondary N) is 2. The molecule has 138 valence electrons. The van der Waals surface area contributed by atoms with Gasteiger partial charge in [0.1, 0.15) is 11.9 Å². The van der Waals surface area contributed by atoms with Crippen molar-refractivity contribution in [1.82, 2.24) is 10.3 Å². The lowest BCUT2D eigenvalue weighted by atomic mass is 9.82. The van der Waals surface area contributed by atoms with Crippen LogP contribution < -0.4 is 10.6 Å². The zero-order chi connectivity index (χ0) is 18.4. The highest BCUT2D eigenvalue weighted by Gasteiger charge is 2.30. The van der Waals surface area contributed by atoms with Gasteiger partial charge in [-0.3, -0.25) is 9.59 Å². The summed E-state index contributed by atoms with van der Waals surface area (Å²) in [6.45, 7) is 8.15. The summed E-state index contributed by atoms with van der Waals surface area (Å²) >= 11 is 0. The predicted octanol–water partition coefficient (Wildman–Crippen LogP) is 3.69. The van der Waals surface area contributed by atoms with Gasteiger partial charge in [0, 0.05) is 11.6 Å². The minimum absolute atomic E-state index is 0.0181. The van der Waals surface area contributed by atoms with Crippen molar-refractivity contribution in [3.63, 3.8) is 0 Å². The predicted molar refractivity (Wildman–Crippen MR) is 100 cm³/mol. The molecule has 0 bridgehead atoms. The molecule has 0 spiro atoms. The first-order valence-corrected chi connectivity index (χ1v) is 9.45. The fourth-order valence-corrected chi connectivity index (χ4v) is 3.31. The Bertz CT molecular complexity index is 594. The molecule has 1 aromatic rings. The number of carbonyl (C=O) groups excluding carboxylic acids is 2. The summed E-state index contributed by atoms with van der Waals surface area (Å²) in [7, 11) is 0. The molecule has 1 aromatic heterocycles. The van der Waals surface area contributed by atoms with Crippen molar-refractivity contribution >= 4 is 17.6 Å². The van der Waals surface area contributed by atoms with Crippen molar-refractivity contribution in [1.29, 1.82) is 0 Å². The van der Waals surface area contributed by atoms with Crippen LogP contribution >= 0.6 is 0 Å². The highest BCUT2D eigenvalue weighted by Crippen LogP contribution is 2.28. The third-order valence-electron chi connectivity index (χ3n) is 5.32. The minimum Gasteiger partial charge on any atom is -0.344 e. The summed E-state index contributed by atoms with van der Waals surface area (Å²) < 4.78 is 0. The molecule has 2 N–H and O–H groups in total. The smallest absolute Gasteiger partial charge is 0.248 e. The molecule has 1 aliphatic rings. The van der Waals surface area contributed by atoms with E-state index in [1.165, 1.54) is 0 Å². The lowest BCUT2D eigenvalue weighted by Gasteiger charge is -2.29. The van der Waals surface area contributed by atoms with E-state index in [1.54, 1.807) is 6.07 Å². The van der Waals surface area contributed by atoms with E-state index in [-0.39, 0.29) is 23.7 Å². The summed E-state index contributed by atoms with van der Waals surface area (Å²) in [5.41, 5.74) is 0.846. The van der Waals surface area contributed by atoms with Gasteiger partial charge in [0.05, 0.1) is 0 Å². The van der Waals surface area contributed by atoms with Crippen molar-refractivity contribution < 1.29 is 9.59 Å². The largest absolute Gasteiger partial charge is 0.344 e. The summed E-state index contributed by atoms with van der Waals surface area (Å²) in [5.74, 6) is 1.16.